The first-order chi connectivity index (χ1) is 7.35. The summed E-state index contributed by atoms with van der Waals surface area (Å²) in [5.74, 6) is 1.19. The van der Waals surface area contributed by atoms with E-state index in [0.717, 1.165) is 6.54 Å². The van der Waals surface area contributed by atoms with Crippen LogP contribution >= 0.6 is 11.8 Å². The molecule has 0 amide bonds. The molecule has 0 N–H and O–H groups in total. The van der Waals surface area contributed by atoms with E-state index in [-0.39, 0.29) is 0 Å². The van der Waals surface area contributed by atoms with Crippen molar-refractivity contribution in [3.8, 4) is 0 Å². The van der Waals surface area contributed by atoms with E-state index in [1.165, 1.54) is 23.0 Å². The van der Waals surface area contributed by atoms with Gasteiger partial charge < -0.3 is 4.23 Å². The lowest BCUT2D eigenvalue weighted by Crippen LogP contribution is -2.63. The summed E-state index contributed by atoms with van der Waals surface area (Å²) in [5, 5.41) is 1.37. The molecule has 0 bridgehead atoms. The molecule has 0 saturated heterocycles. The van der Waals surface area contributed by atoms with Gasteiger partial charge >= 0.3 is 0 Å². The summed E-state index contributed by atoms with van der Waals surface area (Å²) in [6, 6.07) is 2.64. The van der Waals surface area contributed by atoms with Crippen molar-refractivity contribution in [1.29, 1.82) is 0 Å². The number of aliphatic imine (C=N–C) groups is 1. The van der Waals surface area contributed by atoms with Crippen molar-refractivity contribution in [2.75, 3.05) is 12.3 Å². The maximum atomic E-state index is 4.74. The molecule has 0 unspecified atom stereocenters. The predicted octanol–water partition coefficient (Wildman–Crippen LogP) is 3.84. The van der Waals surface area contributed by atoms with Gasteiger partial charge in [-0.25, -0.2) is 0 Å². The van der Waals surface area contributed by atoms with E-state index < -0.39 is 16.5 Å². The van der Waals surface area contributed by atoms with Crippen LogP contribution in [0.4, 0.5) is 0 Å². The molecule has 1 heterocycles. The first kappa shape index (κ1) is 14.3. The highest BCUT2D eigenvalue weighted by molar-refractivity contribution is 8.14. The van der Waals surface area contributed by atoms with Gasteiger partial charge in [0.25, 0.3) is 0 Å². The molecule has 1 aliphatic heterocycles. The highest BCUT2D eigenvalue weighted by Crippen LogP contribution is 2.31. The van der Waals surface area contributed by atoms with Crippen molar-refractivity contribution in [3.05, 3.63) is 0 Å². The topological polar surface area (TPSA) is 15.6 Å². The number of hydrogen-bond acceptors (Lipinski definition) is 3. The SMILES string of the molecule is CC[Si](C)(C)N(C1=NCCS1)[Si](C)(C)CC. The highest BCUT2D eigenvalue weighted by atomic mass is 32.2. The fourth-order valence-corrected chi connectivity index (χ4v) is 14.0. The Morgan fingerprint density at radius 2 is 1.62 bits per heavy atom. The molecule has 5 heteroatoms. The van der Waals surface area contributed by atoms with Crippen LogP contribution in [0.1, 0.15) is 13.8 Å². The maximum absolute atomic E-state index is 4.74. The number of hydrogen-bond donors (Lipinski definition) is 0. The van der Waals surface area contributed by atoms with Crippen molar-refractivity contribution in [1.82, 2.24) is 4.23 Å². The van der Waals surface area contributed by atoms with Crippen LogP contribution in [-0.4, -0.2) is 38.2 Å². The van der Waals surface area contributed by atoms with Gasteiger partial charge in [-0.1, -0.05) is 51.8 Å². The Morgan fingerprint density at radius 3 is 1.94 bits per heavy atom. The molecule has 0 aromatic rings. The smallest absolute Gasteiger partial charge is 0.143 e. The fourth-order valence-electron chi connectivity index (χ4n) is 2.11. The van der Waals surface area contributed by atoms with E-state index in [1.807, 2.05) is 11.8 Å². The minimum atomic E-state index is -1.28. The zero-order valence-corrected chi connectivity index (χ0v) is 14.4. The summed E-state index contributed by atoms with van der Waals surface area (Å²) in [7, 11) is -2.57. The Bertz CT molecular complexity index is 261. The first-order valence-electron chi connectivity index (χ1n) is 6.32. The van der Waals surface area contributed by atoms with Crippen LogP contribution in [0, 0.1) is 0 Å². The van der Waals surface area contributed by atoms with Crippen molar-refractivity contribution in [2.45, 2.75) is 52.1 Å². The molecular weight excluding hydrogens is 248 g/mol. The molecule has 16 heavy (non-hydrogen) atoms. The van der Waals surface area contributed by atoms with E-state index in [1.54, 1.807) is 0 Å². The molecule has 0 radical (unpaired) electrons. The lowest BCUT2D eigenvalue weighted by atomic mass is 10.8. The first-order valence-corrected chi connectivity index (χ1v) is 13.6. The van der Waals surface area contributed by atoms with Crippen molar-refractivity contribution < 1.29 is 0 Å². The van der Waals surface area contributed by atoms with E-state index in [0.29, 0.717) is 0 Å². The third kappa shape index (κ3) is 2.93. The average Bonchev–Trinajstić information content (AvgIpc) is 2.70. The Labute approximate surface area is 107 Å². The molecule has 0 aromatic heterocycles. The summed E-state index contributed by atoms with van der Waals surface area (Å²) in [4.78, 5) is 4.74. The molecule has 1 aliphatic rings. The summed E-state index contributed by atoms with van der Waals surface area (Å²) in [6.45, 7) is 15.7. The Balaban J connectivity index is 3.03. The minimum absolute atomic E-state index is 1.03. The van der Waals surface area contributed by atoms with Crippen molar-refractivity contribution in [2.24, 2.45) is 4.99 Å². The van der Waals surface area contributed by atoms with Gasteiger partial charge in [-0.15, -0.1) is 0 Å². The third-order valence-corrected chi connectivity index (χ3v) is 14.9. The molecule has 2 nitrogen and oxygen atoms in total. The number of rotatable bonds is 4. The highest BCUT2D eigenvalue weighted by Gasteiger charge is 2.41. The molecule has 0 atom stereocenters. The van der Waals surface area contributed by atoms with E-state index in [4.69, 9.17) is 4.99 Å². The zero-order valence-electron chi connectivity index (χ0n) is 11.6. The molecule has 1 rings (SSSR count). The van der Waals surface area contributed by atoms with E-state index >= 15 is 0 Å². The fraction of sp³-hybridized carbons (Fsp3) is 0.909. The standard InChI is InChI=1S/C11H26N2SSi2/c1-7-15(3,4)13(16(5,6)8-2)11-12-9-10-14-11/h7-10H2,1-6H3. The molecule has 94 valence electrons. The molecule has 0 fully saturated rings. The normalized spacial score (nSPS) is 17.5. The van der Waals surface area contributed by atoms with Gasteiger partial charge in [0.2, 0.25) is 0 Å². The van der Waals surface area contributed by atoms with Crippen LogP contribution in [0.15, 0.2) is 4.99 Å². The van der Waals surface area contributed by atoms with Crippen LogP contribution in [0.25, 0.3) is 0 Å². The predicted molar refractivity (Wildman–Crippen MR) is 82.5 cm³/mol. The summed E-state index contributed by atoms with van der Waals surface area (Å²) < 4.78 is 2.82. The van der Waals surface area contributed by atoms with Gasteiger partial charge in [-0.05, 0) is 12.1 Å². The van der Waals surface area contributed by atoms with Crippen LogP contribution < -0.4 is 0 Å². The summed E-state index contributed by atoms with van der Waals surface area (Å²) in [5.41, 5.74) is 0. The van der Waals surface area contributed by atoms with Gasteiger partial charge in [-0.2, -0.15) is 0 Å². The van der Waals surface area contributed by atoms with Gasteiger partial charge in [-0.3, -0.25) is 4.99 Å². The minimum Gasteiger partial charge on any atom is -0.404 e. The average molecular weight is 275 g/mol. The van der Waals surface area contributed by atoms with E-state index in [2.05, 4.69) is 44.3 Å². The lowest BCUT2D eigenvalue weighted by molar-refractivity contribution is 0.874. The lowest BCUT2D eigenvalue weighted by Gasteiger charge is -2.47. The Hall–Kier alpha value is 0.254. The summed E-state index contributed by atoms with van der Waals surface area (Å²) in [6.07, 6.45) is 0. The number of nitrogens with zero attached hydrogens (tertiary/aromatic N) is 2. The van der Waals surface area contributed by atoms with Gasteiger partial charge in [0.15, 0.2) is 0 Å². The molecule has 0 spiro atoms. The molecular formula is C11H26N2SSi2. The van der Waals surface area contributed by atoms with Crippen LogP contribution in [0.2, 0.25) is 38.3 Å². The Morgan fingerprint density at radius 1 is 1.12 bits per heavy atom. The van der Waals surface area contributed by atoms with Gasteiger partial charge in [0, 0.05) is 5.75 Å². The molecule has 0 saturated carbocycles. The second-order valence-electron chi connectivity index (χ2n) is 5.68. The second kappa shape index (κ2) is 5.27. The molecule has 0 aliphatic carbocycles. The van der Waals surface area contributed by atoms with Gasteiger partial charge in [0.1, 0.15) is 21.6 Å². The largest absolute Gasteiger partial charge is 0.404 e. The maximum Gasteiger partial charge on any atom is 0.143 e. The Kier molecular flexibility index (Phi) is 4.71. The third-order valence-electron chi connectivity index (χ3n) is 3.70. The van der Waals surface area contributed by atoms with Gasteiger partial charge in [0.05, 0.1) is 6.54 Å². The van der Waals surface area contributed by atoms with Crippen LogP contribution in [0.5, 0.6) is 0 Å². The van der Waals surface area contributed by atoms with Crippen LogP contribution in [-0.2, 0) is 0 Å². The van der Waals surface area contributed by atoms with Crippen molar-refractivity contribution >= 4 is 33.4 Å². The number of amidine groups is 1. The number of thioether (sulfide) groups is 1. The zero-order chi connectivity index (χ0) is 12.4. The molecule has 0 aromatic carbocycles. The van der Waals surface area contributed by atoms with Crippen molar-refractivity contribution in [3.63, 3.8) is 0 Å². The quantitative estimate of drug-likeness (QED) is 0.724. The second-order valence-corrected chi connectivity index (χ2v) is 16.7. The summed E-state index contributed by atoms with van der Waals surface area (Å²) >= 11 is 1.98. The monoisotopic (exact) mass is 274 g/mol. The van der Waals surface area contributed by atoms with Crippen LogP contribution in [0.3, 0.4) is 0 Å². The van der Waals surface area contributed by atoms with E-state index in [9.17, 15) is 0 Å².